The number of aryl methyl sites for hydroxylation is 3. The van der Waals surface area contributed by atoms with Crippen LogP contribution in [0.1, 0.15) is 21.8 Å². The van der Waals surface area contributed by atoms with Crippen LogP contribution in [-0.4, -0.2) is 31.1 Å². The Hall–Kier alpha value is -2.51. The van der Waals surface area contributed by atoms with Crippen molar-refractivity contribution >= 4 is 28.0 Å². The molecular weight excluding hydrogens is 346 g/mol. The van der Waals surface area contributed by atoms with Gasteiger partial charge in [0.05, 0.1) is 17.4 Å². The highest BCUT2D eigenvalue weighted by atomic mass is 32.1. The van der Waals surface area contributed by atoms with E-state index in [0.29, 0.717) is 17.7 Å². The number of fused-ring (bicyclic) bond motifs is 3. The first-order valence-corrected chi connectivity index (χ1v) is 9.38. The van der Waals surface area contributed by atoms with Crippen molar-refractivity contribution < 1.29 is 0 Å². The van der Waals surface area contributed by atoms with Gasteiger partial charge in [0.1, 0.15) is 0 Å². The molecule has 0 fully saturated rings. The average Bonchev–Trinajstić information content (AvgIpc) is 3.20. The maximum atomic E-state index is 12.6. The number of nitrogens with zero attached hydrogens (tertiary/aromatic N) is 5. The fourth-order valence-corrected chi connectivity index (χ4v) is 4.26. The molecule has 0 unspecified atom stereocenters. The molecule has 0 aliphatic carbocycles. The van der Waals surface area contributed by atoms with Gasteiger partial charge < -0.3 is 0 Å². The van der Waals surface area contributed by atoms with Gasteiger partial charge in [0, 0.05) is 18.5 Å². The number of rotatable bonds is 4. The highest BCUT2D eigenvalue weighted by Gasteiger charge is 2.16. The highest BCUT2D eigenvalue weighted by Crippen LogP contribution is 2.20. The van der Waals surface area contributed by atoms with Gasteiger partial charge in [-0.15, -0.1) is 21.5 Å². The van der Waals surface area contributed by atoms with E-state index < -0.39 is 0 Å². The lowest BCUT2D eigenvalue weighted by Gasteiger charge is -2.16. The predicted octanol–water partition coefficient (Wildman–Crippen LogP) is 2.89. The zero-order chi connectivity index (χ0) is 18.4. The Morgan fingerprint density at radius 1 is 1.15 bits per heavy atom. The maximum absolute atomic E-state index is 12.6. The van der Waals surface area contributed by atoms with Gasteiger partial charge in [-0.2, -0.15) is 0 Å². The van der Waals surface area contributed by atoms with Crippen molar-refractivity contribution in [2.75, 3.05) is 7.05 Å². The summed E-state index contributed by atoms with van der Waals surface area (Å²) in [6.45, 7) is 5.64. The van der Waals surface area contributed by atoms with Crippen LogP contribution in [0.3, 0.4) is 0 Å². The molecule has 6 nitrogen and oxygen atoms in total. The van der Waals surface area contributed by atoms with Crippen LogP contribution >= 0.6 is 11.3 Å². The van der Waals surface area contributed by atoms with E-state index in [4.69, 9.17) is 0 Å². The van der Waals surface area contributed by atoms with Crippen LogP contribution in [0.25, 0.3) is 16.7 Å². The summed E-state index contributed by atoms with van der Waals surface area (Å²) in [5, 5.41) is 11.5. The van der Waals surface area contributed by atoms with E-state index in [9.17, 15) is 4.79 Å². The molecule has 4 aromatic rings. The van der Waals surface area contributed by atoms with Gasteiger partial charge in [-0.05, 0) is 50.0 Å². The number of benzene rings is 1. The lowest BCUT2D eigenvalue weighted by molar-refractivity contribution is 0.312. The largest absolute Gasteiger partial charge is 0.294 e. The minimum atomic E-state index is -0.0438. The second kappa shape index (κ2) is 6.34. The summed E-state index contributed by atoms with van der Waals surface area (Å²) in [4.78, 5) is 16.2. The first-order chi connectivity index (χ1) is 12.5. The van der Waals surface area contributed by atoms with Crippen molar-refractivity contribution in [3.05, 3.63) is 61.8 Å². The molecule has 0 N–H and O–H groups in total. The molecule has 4 rings (SSSR count). The minimum absolute atomic E-state index is 0.0438. The van der Waals surface area contributed by atoms with Crippen LogP contribution < -0.4 is 5.56 Å². The fourth-order valence-electron chi connectivity index (χ4n) is 3.27. The summed E-state index contributed by atoms with van der Waals surface area (Å²) < 4.78 is 3.57. The minimum Gasteiger partial charge on any atom is -0.294 e. The monoisotopic (exact) mass is 367 g/mol. The molecule has 7 heteroatoms. The Balaban J connectivity index is 1.80. The molecule has 0 atom stereocenters. The Morgan fingerprint density at radius 3 is 2.69 bits per heavy atom. The van der Waals surface area contributed by atoms with E-state index in [1.807, 2.05) is 29.5 Å². The van der Waals surface area contributed by atoms with Gasteiger partial charge in [0.2, 0.25) is 5.78 Å². The molecule has 0 aliphatic rings. The molecule has 134 valence electrons. The molecule has 0 amide bonds. The molecule has 0 saturated heterocycles. The number of hydrogen-bond acceptors (Lipinski definition) is 5. The summed E-state index contributed by atoms with van der Waals surface area (Å²) in [6, 6.07) is 8.07. The Labute approximate surface area is 155 Å². The van der Waals surface area contributed by atoms with Crippen molar-refractivity contribution in [3.63, 3.8) is 0 Å². The third kappa shape index (κ3) is 2.73. The number of thiophene rings is 1. The molecule has 0 saturated carbocycles. The molecule has 3 heterocycles. The van der Waals surface area contributed by atoms with Gasteiger partial charge >= 0.3 is 0 Å². The van der Waals surface area contributed by atoms with Crippen LogP contribution in [0.2, 0.25) is 0 Å². The van der Waals surface area contributed by atoms with Crippen molar-refractivity contribution in [1.82, 2.24) is 24.1 Å². The highest BCUT2D eigenvalue weighted by molar-refractivity contribution is 7.10. The zero-order valence-corrected chi connectivity index (χ0v) is 16.2. The standard InChI is InChI=1S/C19H21N5OS/c1-12-5-6-15-14(9-12)18(25)23(4)19-21-20-17(24(15)19)11-22(3)10-16-13(2)7-8-26-16/h5-9H,10-11H2,1-4H3. The lowest BCUT2D eigenvalue weighted by Crippen LogP contribution is -2.22. The first-order valence-electron chi connectivity index (χ1n) is 8.50. The summed E-state index contributed by atoms with van der Waals surface area (Å²) in [5.41, 5.74) is 3.19. The van der Waals surface area contributed by atoms with Crippen LogP contribution in [0.4, 0.5) is 0 Å². The number of hydrogen-bond donors (Lipinski definition) is 0. The van der Waals surface area contributed by atoms with Crippen LogP contribution in [0, 0.1) is 13.8 Å². The third-order valence-corrected chi connectivity index (χ3v) is 5.74. The number of aromatic nitrogens is 4. The topological polar surface area (TPSA) is 55.4 Å². The van der Waals surface area contributed by atoms with E-state index in [2.05, 4.69) is 40.5 Å². The molecule has 0 spiro atoms. The van der Waals surface area contributed by atoms with E-state index >= 15 is 0 Å². The molecule has 0 bridgehead atoms. The molecular formula is C19H21N5OS. The van der Waals surface area contributed by atoms with Gasteiger partial charge in [-0.25, -0.2) is 0 Å². The van der Waals surface area contributed by atoms with Crippen molar-refractivity contribution in [2.45, 2.75) is 26.9 Å². The Morgan fingerprint density at radius 2 is 1.96 bits per heavy atom. The van der Waals surface area contributed by atoms with E-state index in [1.165, 1.54) is 10.4 Å². The quantitative estimate of drug-likeness (QED) is 0.557. The normalized spacial score (nSPS) is 11.9. The van der Waals surface area contributed by atoms with Gasteiger partial charge in [0.25, 0.3) is 5.56 Å². The van der Waals surface area contributed by atoms with Crippen LogP contribution in [-0.2, 0) is 20.1 Å². The molecule has 0 aliphatic heterocycles. The smallest absolute Gasteiger partial charge is 0.262 e. The van der Waals surface area contributed by atoms with Crippen LogP contribution in [0.15, 0.2) is 34.4 Å². The van der Waals surface area contributed by atoms with E-state index in [0.717, 1.165) is 23.4 Å². The van der Waals surface area contributed by atoms with Gasteiger partial charge in [-0.1, -0.05) is 11.6 Å². The van der Waals surface area contributed by atoms with Gasteiger partial charge in [0.15, 0.2) is 5.82 Å². The van der Waals surface area contributed by atoms with Crippen LogP contribution in [0.5, 0.6) is 0 Å². The Kier molecular flexibility index (Phi) is 4.13. The van der Waals surface area contributed by atoms with Crippen molar-refractivity contribution in [1.29, 1.82) is 0 Å². The summed E-state index contributed by atoms with van der Waals surface area (Å²) >= 11 is 1.77. The molecule has 26 heavy (non-hydrogen) atoms. The summed E-state index contributed by atoms with van der Waals surface area (Å²) in [5.74, 6) is 1.41. The molecule has 0 radical (unpaired) electrons. The first kappa shape index (κ1) is 16.9. The zero-order valence-electron chi connectivity index (χ0n) is 15.4. The van der Waals surface area contributed by atoms with E-state index in [-0.39, 0.29) is 5.56 Å². The summed E-state index contributed by atoms with van der Waals surface area (Å²) in [6.07, 6.45) is 0. The molecule has 1 aromatic carbocycles. The fraction of sp³-hybridized carbons (Fsp3) is 0.316. The SMILES string of the molecule is Cc1ccc2c(c1)c(=O)n(C)c1nnc(CN(C)Cc3sccc3C)n21. The maximum Gasteiger partial charge on any atom is 0.262 e. The van der Waals surface area contributed by atoms with Gasteiger partial charge in [-0.3, -0.25) is 18.7 Å². The Bertz CT molecular complexity index is 1170. The predicted molar refractivity (Wildman–Crippen MR) is 105 cm³/mol. The summed E-state index contributed by atoms with van der Waals surface area (Å²) in [7, 11) is 3.82. The van der Waals surface area contributed by atoms with Crippen molar-refractivity contribution in [3.8, 4) is 0 Å². The average molecular weight is 367 g/mol. The lowest BCUT2D eigenvalue weighted by atomic mass is 10.1. The van der Waals surface area contributed by atoms with Crippen molar-refractivity contribution in [2.24, 2.45) is 7.05 Å². The third-order valence-electron chi connectivity index (χ3n) is 4.73. The van der Waals surface area contributed by atoms with E-state index in [1.54, 1.807) is 23.0 Å². The second-order valence-electron chi connectivity index (χ2n) is 6.84. The molecule has 3 aromatic heterocycles. The second-order valence-corrected chi connectivity index (χ2v) is 7.84.